The number of amidine groups is 2. The SMILES string of the molecule is CN(C)C(=O)c1cccc(N/C(=N/S(C)(=O)=O)C(=N)NCc2cc(C(C)(C)C)co2)c1O. The third-order valence-electron chi connectivity index (χ3n) is 4.38. The van der Waals surface area contributed by atoms with Gasteiger partial charge in [-0.2, -0.15) is 0 Å². The Labute approximate surface area is 187 Å². The van der Waals surface area contributed by atoms with E-state index in [9.17, 15) is 18.3 Å². The highest BCUT2D eigenvalue weighted by Crippen LogP contribution is 2.28. The van der Waals surface area contributed by atoms with Gasteiger partial charge in [0.15, 0.2) is 17.4 Å². The third kappa shape index (κ3) is 6.58. The van der Waals surface area contributed by atoms with Crippen LogP contribution >= 0.6 is 0 Å². The molecule has 0 radical (unpaired) electrons. The molecule has 1 aromatic heterocycles. The van der Waals surface area contributed by atoms with Gasteiger partial charge in [-0.3, -0.25) is 10.2 Å². The summed E-state index contributed by atoms with van der Waals surface area (Å²) in [6, 6.07) is 6.24. The summed E-state index contributed by atoms with van der Waals surface area (Å²) < 4.78 is 32.6. The predicted octanol–water partition coefficient (Wildman–Crippen LogP) is 2.52. The Kier molecular flexibility index (Phi) is 7.34. The number of sulfonamides is 1. The molecule has 0 fully saturated rings. The molecule has 1 aromatic carbocycles. The molecule has 0 saturated heterocycles. The molecule has 32 heavy (non-hydrogen) atoms. The molecule has 0 bridgehead atoms. The van der Waals surface area contributed by atoms with E-state index in [1.807, 2.05) is 26.8 Å². The van der Waals surface area contributed by atoms with Crippen molar-refractivity contribution in [2.75, 3.05) is 25.7 Å². The van der Waals surface area contributed by atoms with Crippen molar-refractivity contribution >= 4 is 33.3 Å². The minimum Gasteiger partial charge on any atom is -0.505 e. The first-order valence-corrected chi connectivity index (χ1v) is 11.5. The van der Waals surface area contributed by atoms with Crippen LogP contribution in [-0.2, 0) is 22.0 Å². The van der Waals surface area contributed by atoms with Gasteiger partial charge in [-0.05, 0) is 29.2 Å². The van der Waals surface area contributed by atoms with Gasteiger partial charge in [-0.25, -0.2) is 8.42 Å². The Balaban J connectivity index is 2.27. The molecule has 0 aliphatic carbocycles. The first kappa shape index (κ1) is 24.9. The number of benzene rings is 1. The van der Waals surface area contributed by atoms with Crippen molar-refractivity contribution in [2.45, 2.75) is 32.7 Å². The summed E-state index contributed by atoms with van der Waals surface area (Å²) in [5, 5.41) is 24.2. The maximum Gasteiger partial charge on any atom is 0.257 e. The number of rotatable bonds is 5. The summed E-state index contributed by atoms with van der Waals surface area (Å²) in [6.45, 7) is 6.24. The van der Waals surface area contributed by atoms with E-state index in [-0.39, 0.29) is 40.6 Å². The molecule has 10 nitrogen and oxygen atoms in total. The lowest BCUT2D eigenvalue weighted by molar-refractivity contribution is 0.0824. The Morgan fingerprint density at radius 2 is 1.94 bits per heavy atom. The second-order valence-corrected chi connectivity index (χ2v) is 10.1. The van der Waals surface area contributed by atoms with E-state index in [1.165, 1.54) is 37.2 Å². The molecule has 11 heteroatoms. The molecular weight excluding hydrogens is 434 g/mol. The quantitative estimate of drug-likeness (QED) is 0.302. The van der Waals surface area contributed by atoms with E-state index in [2.05, 4.69) is 15.0 Å². The van der Waals surface area contributed by atoms with Gasteiger partial charge < -0.3 is 25.1 Å². The second-order valence-electron chi connectivity index (χ2n) is 8.48. The molecule has 2 rings (SSSR count). The number of carbonyl (C=O) groups is 1. The van der Waals surface area contributed by atoms with Crippen molar-refractivity contribution in [1.82, 2.24) is 10.2 Å². The largest absolute Gasteiger partial charge is 0.505 e. The standard InChI is InChI=1S/C21H29N5O5S/c1-21(2,3)13-10-14(31-12-13)11-23-18(22)19(25-32(6,29)30)24-16-9-7-8-15(17(16)27)20(28)26(4)5/h7-10,12,27H,11H2,1-6H3,(H2,22,23)(H,24,25). The minimum atomic E-state index is -3.88. The molecule has 0 saturated carbocycles. The van der Waals surface area contributed by atoms with E-state index in [0.29, 0.717) is 5.76 Å². The molecule has 1 heterocycles. The number of phenols is 1. The number of para-hydroxylation sites is 1. The first-order chi connectivity index (χ1) is 14.7. The second kappa shape index (κ2) is 9.43. The van der Waals surface area contributed by atoms with Gasteiger partial charge in [0, 0.05) is 14.1 Å². The highest BCUT2D eigenvalue weighted by Gasteiger charge is 2.20. The fraction of sp³-hybridized carbons (Fsp3) is 0.381. The monoisotopic (exact) mass is 463 g/mol. The number of hydrogen-bond acceptors (Lipinski definition) is 6. The van der Waals surface area contributed by atoms with Crippen LogP contribution < -0.4 is 10.6 Å². The maximum atomic E-state index is 12.2. The van der Waals surface area contributed by atoms with Gasteiger partial charge in [-0.1, -0.05) is 26.8 Å². The molecule has 2 aromatic rings. The average Bonchev–Trinajstić information content (AvgIpc) is 3.15. The Hall–Kier alpha value is -3.34. The van der Waals surface area contributed by atoms with Crippen LogP contribution in [0.3, 0.4) is 0 Å². The topological polar surface area (TPSA) is 148 Å². The van der Waals surface area contributed by atoms with Crippen molar-refractivity contribution in [3.63, 3.8) is 0 Å². The lowest BCUT2D eigenvalue weighted by atomic mass is 9.89. The van der Waals surface area contributed by atoms with Crippen LogP contribution in [0.2, 0.25) is 0 Å². The van der Waals surface area contributed by atoms with Crippen molar-refractivity contribution in [2.24, 2.45) is 4.40 Å². The summed E-state index contributed by atoms with van der Waals surface area (Å²) in [7, 11) is -0.796. The normalized spacial score (nSPS) is 12.4. The summed E-state index contributed by atoms with van der Waals surface area (Å²) in [6.07, 6.45) is 2.52. The number of carbonyl (C=O) groups excluding carboxylic acids is 1. The van der Waals surface area contributed by atoms with Crippen molar-refractivity contribution < 1.29 is 22.7 Å². The number of nitrogens with zero attached hydrogens (tertiary/aromatic N) is 2. The molecule has 0 spiro atoms. The Morgan fingerprint density at radius 1 is 1.28 bits per heavy atom. The summed E-state index contributed by atoms with van der Waals surface area (Å²) >= 11 is 0. The van der Waals surface area contributed by atoms with Crippen molar-refractivity contribution in [3.05, 3.63) is 47.4 Å². The number of anilines is 1. The van der Waals surface area contributed by atoms with Crippen LogP contribution in [0, 0.1) is 5.41 Å². The van der Waals surface area contributed by atoms with Gasteiger partial charge in [-0.15, -0.1) is 4.40 Å². The summed E-state index contributed by atoms with van der Waals surface area (Å²) in [5.74, 6) is -0.956. The average molecular weight is 464 g/mol. The Morgan fingerprint density at radius 3 is 2.47 bits per heavy atom. The highest BCUT2D eigenvalue weighted by atomic mass is 32.2. The van der Waals surface area contributed by atoms with Crippen LogP contribution in [0.25, 0.3) is 0 Å². The predicted molar refractivity (Wildman–Crippen MR) is 124 cm³/mol. The first-order valence-electron chi connectivity index (χ1n) is 9.70. The third-order valence-corrected chi connectivity index (χ3v) is 4.89. The lowest BCUT2D eigenvalue weighted by Crippen LogP contribution is -2.35. The van der Waals surface area contributed by atoms with Crippen LogP contribution in [0.4, 0.5) is 5.69 Å². The maximum absolute atomic E-state index is 12.2. The molecule has 0 unspecified atom stereocenters. The van der Waals surface area contributed by atoms with Gasteiger partial charge >= 0.3 is 0 Å². The van der Waals surface area contributed by atoms with Crippen LogP contribution in [0.1, 0.15) is 42.5 Å². The summed E-state index contributed by atoms with van der Waals surface area (Å²) in [4.78, 5) is 13.5. The van der Waals surface area contributed by atoms with Gasteiger partial charge in [0.1, 0.15) is 5.76 Å². The van der Waals surface area contributed by atoms with E-state index in [0.717, 1.165) is 11.8 Å². The molecule has 0 aliphatic heterocycles. The minimum absolute atomic E-state index is 0.0171. The highest BCUT2D eigenvalue weighted by molar-refractivity contribution is 7.89. The van der Waals surface area contributed by atoms with Crippen LogP contribution in [-0.4, -0.2) is 56.4 Å². The summed E-state index contributed by atoms with van der Waals surface area (Å²) in [5.41, 5.74) is 0.922. The zero-order chi connectivity index (χ0) is 24.3. The van der Waals surface area contributed by atoms with Crippen LogP contribution in [0.15, 0.2) is 39.3 Å². The molecule has 4 N–H and O–H groups in total. The number of amides is 1. The van der Waals surface area contributed by atoms with Crippen molar-refractivity contribution in [3.8, 4) is 5.75 Å². The van der Waals surface area contributed by atoms with E-state index in [4.69, 9.17) is 9.83 Å². The number of furan rings is 1. The molecule has 174 valence electrons. The van der Waals surface area contributed by atoms with E-state index >= 15 is 0 Å². The molecule has 1 amide bonds. The van der Waals surface area contributed by atoms with Gasteiger partial charge in [0.05, 0.1) is 30.3 Å². The fourth-order valence-electron chi connectivity index (χ4n) is 2.61. The van der Waals surface area contributed by atoms with Gasteiger partial charge in [0.2, 0.25) is 0 Å². The number of nitrogens with one attached hydrogen (secondary N) is 3. The molecule has 0 aliphatic rings. The fourth-order valence-corrected chi connectivity index (χ4v) is 3.08. The smallest absolute Gasteiger partial charge is 0.257 e. The van der Waals surface area contributed by atoms with Gasteiger partial charge in [0.25, 0.3) is 15.9 Å². The molecule has 0 atom stereocenters. The molecular formula is C21H29N5O5S. The number of hydrogen-bond donors (Lipinski definition) is 4. The Bertz CT molecular complexity index is 1140. The number of phenolic OH excluding ortho intramolecular Hbond substituents is 1. The van der Waals surface area contributed by atoms with Crippen molar-refractivity contribution in [1.29, 1.82) is 5.41 Å². The number of aromatic hydroxyl groups is 1. The van der Waals surface area contributed by atoms with Crippen LogP contribution in [0.5, 0.6) is 5.75 Å². The lowest BCUT2D eigenvalue weighted by Gasteiger charge is -2.16. The zero-order valence-corrected chi connectivity index (χ0v) is 19.8. The van der Waals surface area contributed by atoms with E-state index in [1.54, 1.807) is 6.26 Å². The zero-order valence-electron chi connectivity index (χ0n) is 19.0. The van der Waals surface area contributed by atoms with E-state index < -0.39 is 15.9 Å².